The van der Waals surface area contributed by atoms with E-state index in [9.17, 15) is 5.11 Å². The van der Waals surface area contributed by atoms with Gasteiger partial charge in [-0.15, -0.1) is 5.92 Å². The molecule has 0 aliphatic carbocycles. The molecule has 0 aromatic heterocycles. The molecule has 1 nitrogen and oxygen atoms in total. The maximum atomic E-state index is 9.50. The maximum Gasteiger partial charge on any atom is 0.116 e. The van der Waals surface area contributed by atoms with Gasteiger partial charge in [0.25, 0.3) is 0 Å². The fraction of sp³-hybridized carbons (Fsp3) is 0.143. The molecule has 0 radical (unpaired) electrons. The molecule has 15 heavy (non-hydrogen) atoms. The minimum atomic E-state index is 0.307. The summed E-state index contributed by atoms with van der Waals surface area (Å²) in [5.74, 6) is 6.29. The third-order valence-electron chi connectivity index (χ3n) is 2.42. The summed E-state index contributed by atoms with van der Waals surface area (Å²) in [7, 11) is 0. The molecule has 74 valence electrons. The first-order valence-corrected chi connectivity index (χ1v) is 4.87. The molecule has 0 saturated heterocycles. The lowest BCUT2D eigenvalue weighted by atomic mass is 10.00. The summed E-state index contributed by atoms with van der Waals surface area (Å²) in [5.41, 5.74) is 2.08. The van der Waals surface area contributed by atoms with Crippen molar-refractivity contribution in [2.24, 2.45) is 0 Å². The molecule has 0 amide bonds. The second-order valence-corrected chi connectivity index (χ2v) is 3.54. The van der Waals surface area contributed by atoms with Gasteiger partial charge in [-0.25, -0.2) is 0 Å². The zero-order chi connectivity index (χ0) is 10.8. The van der Waals surface area contributed by atoms with Gasteiger partial charge >= 0.3 is 0 Å². The number of hydrogen-bond acceptors (Lipinski definition) is 1. The summed E-state index contributed by atoms with van der Waals surface area (Å²) in [6, 6.07) is 9.49. The molecule has 0 unspecified atom stereocenters. The van der Waals surface area contributed by atoms with E-state index in [-0.39, 0.29) is 0 Å². The molecule has 2 aromatic rings. The van der Waals surface area contributed by atoms with Gasteiger partial charge in [-0.2, -0.15) is 0 Å². The molecule has 0 atom stereocenters. The monoisotopic (exact) mass is 196 g/mol. The van der Waals surface area contributed by atoms with Crippen LogP contribution < -0.4 is 0 Å². The Morgan fingerprint density at radius 2 is 2.00 bits per heavy atom. The van der Waals surface area contributed by atoms with Crippen LogP contribution in [0.5, 0.6) is 5.75 Å². The lowest BCUT2D eigenvalue weighted by Crippen LogP contribution is -1.84. The summed E-state index contributed by atoms with van der Waals surface area (Å²) < 4.78 is 0. The SMILES string of the molecule is CC#Cc1cccc2cc(O)cc(C)c12. The van der Waals surface area contributed by atoms with E-state index in [2.05, 4.69) is 11.8 Å². The quantitative estimate of drug-likeness (QED) is 0.641. The zero-order valence-electron chi connectivity index (χ0n) is 8.83. The third-order valence-corrected chi connectivity index (χ3v) is 2.42. The molecule has 0 spiro atoms. The van der Waals surface area contributed by atoms with Gasteiger partial charge in [0.15, 0.2) is 0 Å². The van der Waals surface area contributed by atoms with Gasteiger partial charge in [-0.3, -0.25) is 0 Å². The first kappa shape index (κ1) is 9.61. The molecule has 2 rings (SSSR count). The van der Waals surface area contributed by atoms with E-state index in [0.717, 1.165) is 21.9 Å². The van der Waals surface area contributed by atoms with Gasteiger partial charge in [-0.1, -0.05) is 18.1 Å². The Morgan fingerprint density at radius 3 is 2.73 bits per heavy atom. The van der Waals surface area contributed by atoms with Crippen LogP contribution in [0.1, 0.15) is 18.1 Å². The van der Waals surface area contributed by atoms with Crippen LogP contribution in [-0.4, -0.2) is 5.11 Å². The highest BCUT2D eigenvalue weighted by atomic mass is 16.3. The maximum absolute atomic E-state index is 9.50. The number of benzene rings is 2. The number of aryl methyl sites for hydroxylation is 1. The van der Waals surface area contributed by atoms with Crippen LogP contribution in [-0.2, 0) is 0 Å². The van der Waals surface area contributed by atoms with Crippen molar-refractivity contribution in [2.45, 2.75) is 13.8 Å². The van der Waals surface area contributed by atoms with Crippen molar-refractivity contribution >= 4 is 10.8 Å². The predicted octanol–water partition coefficient (Wildman–Crippen LogP) is 3.23. The van der Waals surface area contributed by atoms with Gasteiger partial charge in [0.05, 0.1) is 0 Å². The molecule has 0 saturated carbocycles. The van der Waals surface area contributed by atoms with Crippen LogP contribution in [0.2, 0.25) is 0 Å². The van der Waals surface area contributed by atoms with Crippen molar-refractivity contribution in [3.63, 3.8) is 0 Å². The van der Waals surface area contributed by atoms with E-state index >= 15 is 0 Å². The highest BCUT2D eigenvalue weighted by Gasteiger charge is 2.03. The van der Waals surface area contributed by atoms with Crippen LogP contribution in [0.25, 0.3) is 10.8 Å². The summed E-state index contributed by atoms with van der Waals surface area (Å²) in [6.45, 7) is 3.82. The Labute approximate surface area is 89.4 Å². The Hall–Kier alpha value is -1.94. The molecule has 0 fully saturated rings. The zero-order valence-corrected chi connectivity index (χ0v) is 8.83. The van der Waals surface area contributed by atoms with Crippen molar-refractivity contribution in [3.05, 3.63) is 41.5 Å². The molecule has 0 aliphatic rings. The smallest absolute Gasteiger partial charge is 0.116 e. The largest absolute Gasteiger partial charge is 0.508 e. The number of phenolic OH excluding ortho intramolecular Hbond substituents is 1. The van der Waals surface area contributed by atoms with Gasteiger partial charge in [-0.05, 0) is 43.0 Å². The van der Waals surface area contributed by atoms with E-state index in [1.54, 1.807) is 12.1 Å². The Balaban J connectivity index is 2.89. The van der Waals surface area contributed by atoms with Crippen molar-refractivity contribution in [2.75, 3.05) is 0 Å². The highest BCUT2D eigenvalue weighted by molar-refractivity contribution is 5.92. The van der Waals surface area contributed by atoms with Crippen LogP contribution in [0.4, 0.5) is 0 Å². The van der Waals surface area contributed by atoms with Gasteiger partial charge in [0.1, 0.15) is 5.75 Å². The Kier molecular flexibility index (Phi) is 2.35. The molecular formula is C14H12O. The lowest BCUT2D eigenvalue weighted by Gasteiger charge is -2.05. The van der Waals surface area contributed by atoms with Crippen LogP contribution in [0.3, 0.4) is 0 Å². The van der Waals surface area contributed by atoms with Gasteiger partial charge < -0.3 is 5.11 Å². The fourth-order valence-electron chi connectivity index (χ4n) is 1.86. The highest BCUT2D eigenvalue weighted by Crippen LogP contribution is 2.26. The first-order valence-electron chi connectivity index (χ1n) is 4.87. The van der Waals surface area contributed by atoms with Crippen LogP contribution >= 0.6 is 0 Å². The molecule has 1 N–H and O–H groups in total. The van der Waals surface area contributed by atoms with Crippen molar-refractivity contribution in [1.29, 1.82) is 0 Å². The number of hydrogen-bond donors (Lipinski definition) is 1. The average molecular weight is 196 g/mol. The van der Waals surface area contributed by atoms with E-state index in [1.165, 1.54) is 0 Å². The summed E-state index contributed by atoms with van der Waals surface area (Å²) in [5, 5.41) is 11.7. The minimum Gasteiger partial charge on any atom is -0.508 e. The molecule has 0 aliphatic heterocycles. The van der Waals surface area contributed by atoms with Gasteiger partial charge in [0.2, 0.25) is 0 Å². The van der Waals surface area contributed by atoms with E-state index in [4.69, 9.17) is 0 Å². The summed E-state index contributed by atoms with van der Waals surface area (Å²) in [6.07, 6.45) is 0. The molecule has 1 heteroatoms. The minimum absolute atomic E-state index is 0.307. The summed E-state index contributed by atoms with van der Waals surface area (Å²) >= 11 is 0. The van der Waals surface area contributed by atoms with E-state index in [0.29, 0.717) is 5.75 Å². The standard InChI is InChI=1S/C14H12O/c1-3-5-11-6-4-7-12-9-13(15)8-10(2)14(11)12/h4,6-9,15H,1-2H3. The van der Waals surface area contributed by atoms with Gasteiger partial charge in [0, 0.05) is 10.9 Å². The average Bonchev–Trinajstić information content (AvgIpc) is 2.17. The third kappa shape index (κ3) is 1.67. The van der Waals surface area contributed by atoms with Crippen molar-refractivity contribution in [3.8, 4) is 17.6 Å². The second kappa shape index (κ2) is 3.67. The Bertz CT molecular complexity index is 571. The molecule has 0 heterocycles. The lowest BCUT2D eigenvalue weighted by molar-refractivity contribution is 0.476. The number of fused-ring (bicyclic) bond motifs is 1. The van der Waals surface area contributed by atoms with Crippen LogP contribution in [0.15, 0.2) is 30.3 Å². The van der Waals surface area contributed by atoms with Crippen LogP contribution in [0, 0.1) is 18.8 Å². The second-order valence-electron chi connectivity index (χ2n) is 3.54. The molecule has 2 aromatic carbocycles. The van der Waals surface area contributed by atoms with E-state index < -0.39 is 0 Å². The predicted molar refractivity (Wildman–Crippen MR) is 62.9 cm³/mol. The summed E-state index contributed by atoms with van der Waals surface area (Å²) in [4.78, 5) is 0. The number of aromatic hydroxyl groups is 1. The fourth-order valence-corrected chi connectivity index (χ4v) is 1.86. The van der Waals surface area contributed by atoms with Crippen molar-refractivity contribution < 1.29 is 5.11 Å². The topological polar surface area (TPSA) is 20.2 Å². The molecule has 0 bridgehead atoms. The Morgan fingerprint density at radius 1 is 1.20 bits per heavy atom. The van der Waals surface area contributed by atoms with E-state index in [1.807, 2.05) is 32.0 Å². The molecular weight excluding hydrogens is 184 g/mol. The number of phenols is 1. The first-order chi connectivity index (χ1) is 7.22. The number of rotatable bonds is 0. The van der Waals surface area contributed by atoms with Crippen molar-refractivity contribution in [1.82, 2.24) is 0 Å². The normalized spacial score (nSPS) is 9.73.